The molecule has 8 heteroatoms. The number of rotatable bonds is 1. The summed E-state index contributed by atoms with van der Waals surface area (Å²) in [6, 6.07) is 0. The second-order valence-electron chi connectivity index (χ2n) is 5.13. The number of halogens is 3. The van der Waals surface area contributed by atoms with Crippen molar-refractivity contribution < 1.29 is 32.6 Å². The molecule has 0 aromatic rings. The summed E-state index contributed by atoms with van der Waals surface area (Å²) in [6.45, 7) is 0.222. The summed E-state index contributed by atoms with van der Waals surface area (Å²) in [6.07, 6.45) is -4.74. The third-order valence-electron chi connectivity index (χ3n) is 3.84. The molecule has 2 heterocycles. The highest BCUT2D eigenvalue weighted by atomic mass is 19.4. The summed E-state index contributed by atoms with van der Waals surface area (Å²) in [4.78, 5) is 22.6. The smallest absolute Gasteiger partial charge is 0.471 e. The molecule has 0 saturated carbocycles. The van der Waals surface area contributed by atoms with Crippen molar-refractivity contribution >= 4 is 11.9 Å². The zero-order chi connectivity index (χ0) is 14.3. The fourth-order valence-electron chi connectivity index (χ4n) is 2.66. The normalized spacial score (nSPS) is 26.7. The number of ether oxygens (including phenoxy) is 1. The topological polar surface area (TPSA) is 66.8 Å². The fourth-order valence-corrected chi connectivity index (χ4v) is 2.66. The Morgan fingerprint density at radius 2 is 1.84 bits per heavy atom. The summed E-state index contributed by atoms with van der Waals surface area (Å²) in [5.74, 6) is -2.87. The van der Waals surface area contributed by atoms with Gasteiger partial charge in [-0.3, -0.25) is 4.79 Å². The van der Waals surface area contributed by atoms with Crippen molar-refractivity contribution in [3.8, 4) is 0 Å². The van der Waals surface area contributed by atoms with Crippen LogP contribution in [-0.2, 0) is 14.3 Å². The molecule has 2 aliphatic rings. The highest BCUT2D eigenvalue weighted by molar-refractivity contribution is 5.82. The third-order valence-corrected chi connectivity index (χ3v) is 3.84. The number of hydrogen-bond donors (Lipinski definition) is 1. The first-order valence-electron chi connectivity index (χ1n) is 5.94. The summed E-state index contributed by atoms with van der Waals surface area (Å²) in [7, 11) is 0. The number of carbonyl (C=O) groups excluding carboxylic acids is 1. The molecule has 0 bridgehead atoms. The van der Waals surface area contributed by atoms with E-state index in [2.05, 4.69) is 0 Å². The number of piperidine rings is 1. The van der Waals surface area contributed by atoms with Crippen LogP contribution in [0.2, 0.25) is 0 Å². The van der Waals surface area contributed by atoms with Gasteiger partial charge in [-0.1, -0.05) is 0 Å². The average molecular weight is 281 g/mol. The molecular weight excluding hydrogens is 267 g/mol. The number of likely N-dealkylation sites (tertiary alicyclic amines) is 1. The molecule has 2 aliphatic heterocycles. The molecule has 19 heavy (non-hydrogen) atoms. The van der Waals surface area contributed by atoms with E-state index in [0.29, 0.717) is 19.3 Å². The minimum absolute atomic E-state index is 0.00591. The van der Waals surface area contributed by atoms with Gasteiger partial charge in [0, 0.05) is 18.5 Å². The van der Waals surface area contributed by atoms with E-state index in [9.17, 15) is 22.8 Å². The first kappa shape index (κ1) is 14.1. The van der Waals surface area contributed by atoms with Gasteiger partial charge in [0.05, 0.1) is 6.61 Å². The minimum atomic E-state index is -4.85. The van der Waals surface area contributed by atoms with Crippen molar-refractivity contribution in [2.75, 3.05) is 19.7 Å². The van der Waals surface area contributed by atoms with E-state index in [1.165, 1.54) is 0 Å². The van der Waals surface area contributed by atoms with Crippen LogP contribution in [0.5, 0.6) is 0 Å². The van der Waals surface area contributed by atoms with Crippen molar-refractivity contribution in [1.82, 2.24) is 4.90 Å². The monoisotopic (exact) mass is 281 g/mol. The van der Waals surface area contributed by atoms with Gasteiger partial charge < -0.3 is 14.7 Å². The average Bonchev–Trinajstić information content (AvgIpc) is 2.73. The zero-order valence-electron chi connectivity index (χ0n) is 10.1. The van der Waals surface area contributed by atoms with E-state index in [0.717, 1.165) is 4.90 Å². The predicted molar refractivity (Wildman–Crippen MR) is 56.3 cm³/mol. The van der Waals surface area contributed by atoms with Gasteiger partial charge in [-0.2, -0.15) is 13.2 Å². The number of amides is 1. The number of carboxylic acids is 1. The SMILES string of the molecule is O=C(O)C1CC2(CCN(C(=O)C(F)(F)F)CC2)CO1. The second kappa shape index (κ2) is 4.66. The highest BCUT2D eigenvalue weighted by Crippen LogP contribution is 2.42. The van der Waals surface area contributed by atoms with E-state index >= 15 is 0 Å². The van der Waals surface area contributed by atoms with Gasteiger partial charge in [-0.05, 0) is 19.3 Å². The van der Waals surface area contributed by atoms with Gasteiger partial charge in [0.1, 0.15) is 0 Å². The molecule has 2 rings (SSSR count). The van der Waals surface area contributed by atoms with Gasteiger partial charge in [-0.25, -0.2) is 4.79 Å². The van der Waals surface area contributed by atoms with Gasteiger partial charge in [0.15, 0.2) is 6.10 Å². The van der Waals surface area contributed by atoms with E-state index in [-0.39, 0.29) is 19.7 Å². The number of carboxylic acid groups (broad SMARTS) is 1. The van der Waals surface area contributed by atoms with Crippen LogP contribution in [-0.4, -0.2) is 53.9 Å². The molecule has 1 unspecified atom stereocenters. The number of alkyl halides is 3. The molecule has 108 valence electrons. The maximum atomic E-state index is 12.3. The van der Waals surface area contributed by atoms with Crippen molar-refractivity contribution in [2.24, 2.45) is 5.41 Å². The highest BCUT2D eigenvalue weighted by Gasteiger charge is 2.49. The Balaban J connectivity index is 1.93. The van der Waals surface area contributed by atoms with Crippen LogP contribution in [0.4, 0.5) is 13.2 Å². The summed E-state index contributed by atoms with van der Waals surface area (Å²) in [5.41, 5.74) is -0.397. The Morgan fingerprint density at radius 1 is 1.26 bits per heavy atom. The summed E-state index contributed by atoms with van der Waals surface area (Å²) < 4.78 is 42.0. The van der Waals surface area contributed by atoms with E-state index in [1.807, 2.05) is 0 Å². The maximum absolute atomic E-state index is 12.3. The van der Waals surface area contributed by atoms with Crippen LogP contribution in [0.15, 0.2) is 0 Å². The van der Waals surface area contributed by atoms with Crippen molar-refractivity contribution in [1.29, 1.82) is 0 Å². The molecule has 0 aromatic carbocycles. The Kier molecular flexibility index (Phi) is 3.46. The Hall–Kier alpha value is -1.31. The van der Waals surface area contributed by atoms with Crippen LogP contribution in [0, 0.1) is 5.41 Å². The summed E-state index contributed by atoms with van der Waals surface area (Å²) >= 11 is 0. The lowest BCUT2D eigenvalue weighted by Gasteiger charge is -2.38. The van der Waals surface area contributed by atoms with Crippen molar-refractivity contribution in [3.05, 3.63) is 0 Å². The Labute approximate surface area is 107 Å². The molecular formula is C11H14F3NO4. The van der Waals surface area contributed by atoms with Gasteiger partial charge in [0.25, 0.3) is 0 Å². The van der Waals surface area contributed by atoms with Crippen LogP contribution >= 0.6 is 0 Å². The molecule has 1 N–H and O–H groups in total. The third kappa shape index (κ3) is 2.83. The Bertz CT molecular complexity index is 388. The first-order chi connectivity index (χ1) is 8.73. The van der Waals surface area contributed by atoms with Crippen molar-refractivity contribution in [2.45, 2.75) is 31.5 Å². The zero-order valence-corrected chi connectivity index (χ0v) is 10.1. The number of carbonyl (C=O) groups is 2. The molecule has 0 aromatic heterocycles. The van der Waals surface area contributed by atoms with Crippen LogP contribution in [0.25, 0.3) is 0 Å². The van der Waals surface area contributed by atoms with Crippen LogP contribution in [0.3, 0.4) is 0 Å². The molecule has 1 atom stereocenters. The lowest BCUT2D eigenvalue weighted by molar-refractivity contribution is -0.187. The maximum Gasteiger partial charge on any atom is 0.471 e. The predicted octanol–water partition coefficient (Wildman–Crippen LogP) is 1.03. The molecule has 2 saturated heterocycles. The quantitative estimate of drug-likeness (QED) is 0.779. The fraction of sp³-hybridized carbons (Fsp3) is 0.818. The second-order valence-corrected chi connectivity index (χ2v) is 5.13. The largest absolute Gasteiger partial charge is 0.479 e. The standard InChI is InChI=1S/C11H14F3NO4/c12-11(13,14)9(18)15-3-1-10(2-4-15)5-7(8(16)17)19-6-10/h7H,1-6H2,(H,16,17). The van der Waals surface area contributed by atoms with Gasteiger partial charge in [-0.15, -0.1) is 0 Å². The molecule has 0 aliphatic carbocycles. The molecule has 5 nitrogen and oxygen atoms in total. The molecule has 1 amide bonds. The summed E-state index contributed by atoms with van der Waals surface area (Å²) in [5, 5.41) is 8.84. The van der Waals surface area contributed by atoms with Gasteiger partial charge in [0.2, 0.25) is 0 Å². The number of hydrogen-bond acceptors (Lipinski definition) is 3. The van der Waals surface area contributed by atoms with Gasteiger partial charge >= 0.3 is 18.1 Å². The first-order valence-corrected chi connectivity index (χ1v) is 5.94. The lowest BCUT2D eigenvalue weighted by atomic mass is 9.76. The van der Waals surface area contributed by atoms with E-state index < -0.39 is 29.6 Å². The van der Waals surface area contributed by atoms with Crippen LogP contribution < -0.4 is 0 Å². The number of aliphatic carboxylic acids is 1. The number of nitrogens with zero attached hydrogens (tertiary/aromatic N) is 1. The van der Waals surface area contributed by atoms with E-state index in [1.54, 1.807) is 0 Å². The molecule has 0 radical (unpaired) electrons. The Morgan fingerprint density at radius 3 is 2.26 bits per heavy atom. The van der Waals surface area contributed by atoms with Crippen LogP contribution in [0.1, 0.15) is 19.3 Å². The van der Waals surface area contributed by atoms with Crippen molar-refractivity contribution in [3.63, 3.8) is 0 Å². The molecule has 2 fully saturated rings. The van der Waals surface area contributed by atoms with E-state index in [4.69, 9.17) is 9.84 Å². The minimum Gasteiger partial charge on any atom is -0.479 e. The molecule has 1 spiro atoms. The lowest BCUT2D eigenvalue weighted by Crippen LogP contribution is -2.48.